The number of Topliss-reactive ketones (excluding diaryl/α,β-unsaturated/α-hetero) is 1. The molecule has 1 saturated carbocycles. The maximum atomic E-state index is 12.1. The fraction of sp³-hybridized carbons (Fsp3) is 0.714. The van der Waals surface area contributed by atoms with Gasteiger partial charge in [0.25, 0.3) is 0 Å². The molecule has 1 aliphatic carbocycles. The van der Waals surface area contributed by atoms with Crippen molar-refractivity contribution in [1.82, 2.24) is 0 Å². The number of aliphatic hydroxyl groups is 1. The summed E-state index contributed by atoms with van der Waals surface area (Å²) in [4.78, 5) is 22.7. The molecule has 1 rings (SSSR count). The van der Waals surface area contributed by atoms with Crippen molar-refractivity contribution in [3.63, 3.8) is 0 Å². The smallest absolute Gasteiger partial charge is 0.332 e. The standard InChI is InChI=1S/C21H34O5/c1-3-4-10-17(26-2)11-8-9-16-14-15-19(22)18(16)12-6-5-7-13-20(23)21(24)25/h5-6,8-9,16-18,20,23H,3-4,7,10-15H2,1-2H3,(H,24,25)/t16-,17?,18+,20?/m0/s1. The molecule has 148 valence electrons. The summed E-state index contributed by atoms with van der Waals surface area (Å²) in [7, 11) is 1.75. The van der Waals surface area contributed by atoms with E-state index in [9.17, 15) is 14.7 Å². The van der Waals surface area contributed by atoms with E-state index in [1.54, 1.807) is 7.11 Å². The molecule has 5 heteroatoms. The number of aliphatic hydroxyl groups excluding tert-OH is 1. The SMILES string of the molecule is CCCCC(CC=C[C@H]1CCC(=O)[C@@H]1CC=CCCC(O)C(=O)O)OC. The molecule has 1 aliphatic rings. The predicted octanol–water partition coefficient (Wildman–Crippen LogP) is 3.91. The summed E-state index contributed by atoms with van der Waals surface area (Å²) in [6.07, 6.45) is 14.3. The van der Waals surface area contributed by atoms with Gasteiger partial charge in [0, 0.05) is 19.4 Å². The van der Waals surface area contributed by atoms with Gasteiger partial charge in [0.15, 0.2) is 6.10 Å². The lowest BCUT2D eigenvalue weighted by molar-refractivity contribution is -0.146. The topological polar surface area (TPSA) is 83.8 Å². The van der Waals surface area contributed by atoms with E-state index in [-0.39, 0.29) is 24.4 Å². The number of carboxylic acids is 1. The van der Waals surface area contributed by atoms with Gasteiger partial charge in [-0.25, -0.2) is 4.79 Å². The quantitative estimate of drug-likeness (QED) is 0.483. The molecule has 4 atom stereocenters. The van der Waals surface area contributed by atoms with Crippen molar-refractivity contribution in [3.05, 3.63) is 24.3 Å². The van der Waals surface area contributed by atoms with E-state index in [1.165, 1.54) is 6.42 Å². The van der Waals surface area contributed by atoms with Crippen molar-refractivity contribution >= 4 is 11.8 Å². The Hall–Kier alpha value is -1.46. The first kappa shape index (κ1) is 22.6. The van der Waals surface area contributed by atoms with Gasteiger partial charge >= 0.3 is 5.97 Å². The van der Waals surface area contributed by atoms with Crippen LogP contribution in [0.1, 0.15) is 64.7 Å². The van der Waals surface area contributed by atoms with Gasteiger partial charge < -0.3 is 14.9 Å². The molecule has 1 fully saturated rings. The van der Waals surface area contributed by atoms with Crippen LogP contribution in [0.4, 0.5) is 0 Å². The highest BCUT2D eigenvalue weighted by Crippen LogP contribution is 2.33. The van der Waals surface area contributed by atoms with E-state index >= 15 is 0 Å². The molecule has 0 heterocycles. The number of ketones is 1. The number of aliphatic carboxylic acids is 1. The van der Waals surface area contributed by atoms with Crippen molar-refractivity contribution in [1.29, 1.82) is 0 Å². The van der Waals surface area contributed by atoms with E-state index in [2.05, 4.69) is 19.1 Å². The number of unbranched alkanes of at least 4 members (excludes halogenated alkanes) is 1. The summed E-state index contributed by atoms with van der Waals surface area (Å²) in [5.41, 5.74) is 0. The third kappa shape index (κ3) is 8.28. The minimum atomic E-state index is -1.31. The summed E-state index contributed by atoms with van der Waals surface area (Å²) in [5.74, 6) is -0.587. The number of carbonyl (C=O) groups excluding carboxylic acids is 1. The van der Waals surface area contributed by atoms with E-state index in [0.29, 0.717) is 25.0 Å². The Morgan fingerprint density at radius 2 is 2.08 bits per heavy atom. The van der Waals surface area contributed by atoms with Crippen LogP contribution in [0.3, 0.4) is 0 Å². The minimum Gasteiger partial charge on any atom is -0.479 e. The molecular formula is C21H34O5. The van der Waals surface area contributed by atoms with Crippen LogP contribution in [0.5, 0.6) is 0 Å². The monoisotopic (exact) mass is 366 g/mol. The zero-order valence-corrected chi connectivity index (χ0v) is 16.1. The molecule has 0 aromatic rings. The van der Waals surface area contributed by atoms with Crippen LogP contribution in [0.15, 0.2) is 24.3 Å². The highest BCUT2D eigenvalue weighted by Gasteiger charge is 2.31. The Labute approximate surface area is 157 Å². The normalized spacial score (nSPS) is 23.1. The third-order valence-electron chi connectivity index (χ3n) is 5.10. The maximum Gasteiger partial charge on any atom is 0.332 e. The highest BCUT2D eigenvalue weighted by molar-refractivity contribution is 5.83. The fourth-order valence-corrected chi connectivity index (χ4v) is 3.38. The van der Waals surface area contributed by atoms with Crippen molar-refractivity contribution in [2.24, 2.45) is 11.8 Å². The van der Waals surface area contributed by atoms with Crippen LogP contribution < -0.4 is 0 Å². The molecule has 0 aliphatic heterocycles. The van der Waals surface area contributed by atoms with E-state index in [4.69, 9.17) is 9.84 Å². The minimum absolute atomic E-state index is 0.0172. The molecule has 26 heavy (non-hydrogen) atoms. The summed E-state index contributed by atoms with van der Waals surface area (Å²) in [5, 5.41) is 17.9. The molecule has 2 N–H and O–H groups in total. The second-order valence-electron chi connectivity index (χ2n) is 7.08. The average Bonchev–Trinajstić information content (AvgIpc) is 2.97. The highest BCUT2D eigenvalue weighted by atomic mass is 16.5. The van der Waals surface area contributed by atoms with Crippen molar-refractivity contribution in [3.8, 4) is 0 Å². The lowest BCUT2D eigenvalue weighted by Crippen LogP contribution is -2.18. The summed E-state index contributed by atoms with van der Waals surface area (Å²) in [6.45, 7) is 2.17. The second kappa shape index (κ2) is 12.8. The summed E-state index contributed by atoms with van der Waals surface area (Å²) >= 11 is 0. The van der Waals surface area contributed by atoms with Crippen LogP contribution >= 0.6 is 0 Å². The Morgan fingerprint density at radius 3 is 2.73 bits per heavy atom. The third-order valence-corrected chi connectivity index (χ3v) is 5.10. The van der Waals surface area contributed by atoms with Gasteiger partial charge in [0.1, 0.15) is 5.78 Å². The Bertz CT molecular complexity index is 483. The maximum absolute atomic E-state index is 12.1. The molecular weight excluding hydrogens is 332 g/mol. The van der Waals surface area contributed by atoms with Crippen LogP contribution in [-0.4, -0.2) is 41.3 Å². The summed E-state index contributed by atoms with van der Waals surface area (Å²) < 4.78 is 5.50. The van der Waals surface area contributed by atoms with E-state index in [1.807, 2.05) is 12.2 Å². The molecule has 0 amide bonds. The number of ether oxygens (including phenoxy) is 1. The number of methoxy groups -OCH3 is 1. The van der Waals surface area contributed by atoms with Gasteiger partial charge in [-0.2, -0.15) is 0 Å². The van der Waals surface area contributed by atoms with E-state index in [0.717, 1.165) is 25.7 Å². The number of hydrogen-bond acceptors (Lipinski definition) is 4. The predicted molar refractivity (Wildman–Crippen MR) is 102 cm³/mol. The van der Waals surface area contributed by atoms with Crippen molar-refractivity contribution in [2.75, 3.05) is 7.11 Å². The Morgan fingerprint density at radius 1 is 1.31 bits per heavy atom. The molecule has 2 unspecified atom stereocenters. The first-order valence-corrected chi connectivity index (χ1v) is 9.77. The average molecular weight is 366 g/mol. The van der Waals surface area contributed by atoms with Gasteiger partial charge in [-0.15, -0.1) is 0 Å². The van der Waals surface area contributed by atoms with Crippen molar-refractivity contribution < 1.29 is 24.5 Å². The number of carboxylic acid groups (broad SMARTS) is 1. The molecule has 0 saturated heterocycles. The largest absolute Gasteiger partial charge is 0.479 e. The lowest BCUT2D eigenvalue weighted by atomic mass is 9.91. The van der Waals surface area contributed by atoms with Gasteiger partial charge in [0.05, 0.1) is 6.10 Å². The molecule has 5 nitrogen and oxygen atoms in total. The molecule has 0 bridgehead atoms. The van der Waals surface area contributed by atoms with Crippen LogP contribution in [-0.2, 0) is 14.3 Å². The van der Waals surface area contributed by atoms with Crippen molar-refractivity contribution in [2.45, 2.75) is 76.9 Å². The van der Waals surface area contributed by atoms with E-state index < -0.39 is 12.1 Å². The van der Waals surface area contributed by atoms with Gasteiger partial charge in [0.2, 0.25) is 0 Å². The first-order chi connectivity index (χ1) is 12.5. The Balaban J connectivity index is 2.42. The second-order valence-corrected chi connectivity index (χ2v) is 7.08. The molecule has 0 radical (unpaired) electrons. The zero-order chi connectivity index (χ0) is 19.4. The number of hydrogen-bond donors (Lipinski definition) is 2. The van der Waals surface area contributed by atoms with Gasteiger partial charge in [-0.05, 0) is 44.4 Å². The van der Waals surface area contributed by atoms with Crippen LogP contribution in [0.25, 0.3) is 0 Å². The summed E-state index contributed by atoms with van der Waals surface area (Å²) in [6, 6.07) is 0. The molecule has 0 aromatic heterocycles. The molecule has 0 spiro atoms. The van der Waals surface area contributed by atoms with Gasteiger partial charge in [-0.1, -0.05) is 44.1 Å². The van der Waals surface area contributed by atoms with Gasteiger partial charge in [-0.3, -0.25) is 4.79 Å². The van der Waals surface area contributed by atoms with Crippen LogP contribution in [0.2, 0.25) is 0 Å². The first-order valence-electron chi connectivity index (χ1n) is 9.77. The fourth-order valence-electron chi connectivity index (χ4n) is 3.38. The molecule has 0 aromatic carbocycles. The van der Waals surface area contributed by atoms with Crippen LogP contribution in [0, 0.1) is 11.8 Å². The lowest BCUT2D eigenvalue weighted by Gasteiger charge is -2.15. The number of rotatable bonds is 13. The Kier molecular flexibility index (Phi) is 11.1. The number of carbonyl (C=O) groups is 2. The zero-order valence-electron chi connectivity index (χ0n) is 16.1. The number of allylic oxidation sites excluding steroid dienone is 3.